The molecule has 5 heteroatoms. The highest BCUT2D eigenvalue weighted by atomic mass is 32.2. The maximum Gasteiger partial charge on any atom is 0.170 e. The van der Waals surface area contributed by atoms with Crippen LogP contribution in [0.2, 0.25) is 0 Å². The lowest BCUT2D eigenvalue weighted by Crippen LogP contribution is -2.44. The lowest BCUT2D eigenvalue weighted by Gasteiger charge is -2.41. The summed E-state index contributed by atoms with van der Waals surface area (Å²) in [6.45, 7) is 12.4. The van der Waals surface area contributed by atoms with Crippen molar-refractivity contribution in [3.8, 4) is 0 Å². The first kappa shape index (κ1) is 16.2. The molecule has 0 bridgehead atoms. The van der Waals surface area contributed by atoms with Gasteiger partial charge in [0.2, 0.25) is 0 Å². The Morgan fingerprint density at radius 3 is 2.65 bits per heavy atom. The molecule has 0 aliphatic heterocycles. The summed E-state index contributed by atoms with van der Waals surface area (Å²) in [5, 5.41) is 4.29. The van der Waals surface area contributed by atoms with Crippen LogP contribution in [-0.2, 0) is 0 Å². The van der Waals surface area contributed by atoms with Gasteiger partial charge in [0.1, 0.15) is 5.82 Å². The fraction of sp³-hybridized carbons (Fsp3) is 0.867. The second-order valence-electron chi connectivity index (χ2n) is 6.80. The minimum absolute atomic E-state index is 0.410. The van der Waals surface area contributed by atoms with E-state index in [9.17, 15) is 0 Å². The van der Waals surface area contributed by atoms with Crippen LogP contribution in [-0.4, -0.2) is 27.2 Å². The molecule has 3 atom stereocenters. The smallest absolute Gasteiger partial charge is 0.170 e. The number of aromatic nitrogens is 2. The third-order valence-electron chi connectivity index (χ3n) is 4.24. The maximum absolute atomic E-state index is 4.53. The zero-order valence-corrected chi connectivity index (χ0v) is 14.9. The van der Waals surface area contributed by atoms with Crippen molar-refractivity contribution in [3.05, 3.63) is 5.82 Å². The molecule has 1 saturated carbocycles. The van der Waals surface area contributed by atoms with Crippen molar-refractivity contribution in [2.75, 3.05) is 6.54 Å². The molecule has 3 nitrogen and oxygen atoms in total. The number of nitrogens with one attached hydrogen (secondary N) is 1. The van der Waals surface area contributed by atoms with Crippen molar-refractivity contribution in [2.45, 2.75) is 69.5 Å². The van der Waals surface area contributed by atoms with Crippen molar-refractivity contribution >= 4 is 23.3 Å². The van der Waals surface area contributed by atoms with Crippen molar-refractivity contribution in [2.24, 2.45) is 11.3 Å². The lowest BCUT2D eigenvalue weighted by molar-refractivity contribution is 0.165. The summed E-state index contributed by atoms with van der Waals surface area (Å²) >= 11 is 3.48. The molecule has 0 aromatic carbocycles. The molecule has 3 unspecified atom stereocenters. The molecule has 0 spiro atoms. The Balaban J connectivity index is 2.06. The molecule has 20 heavy (non-hydrogen) atoms. The van der Waals surface area contributed by atoms with Gasteiger partial charge in [-0.15, -0.1) is 0 Å². The molecule has 1 aliphatic carbocycles. The van der Waals surface area contributed by atoms with Gasteiger partial charge in [-0.2, -0.15) is 4.37 Å². The van der Waals surface area contributed by atoms with E-state index in [1.54, 1.807) is 11.5 Å². The van der Waals surface area contributed by atoms with Crippen molar-refractivity contribution in [1.82, 2.24) is 14.7 Å². The highest BCUT2D eigenvalue weighted by Gasteiger charge is 2.36. The lowest BCUT2D eigenvalue weighted by atomic mass is 9.71. The third-order valence-corrected chi connectivity index (χ3v) is 6.48. The van der Waals surface area contributed by atoms with Crippen LogP contribution in [0.1, 0.15) is 52.8 Å². The summed E-state index contributed by atoms with van der Waals surface area (Å²) < 4.78 is 5.44. The Bertz CT molecular complexity index is 425. The van der Waals surface area contributed by atoms with Crippen LogP contribution in [0, 0.1) is 18.3 Å². The average molecular weight is 314 g/mol. The maximum atomic E-state index is 4.53. The minimum atomic E-state index is 0.410. The SMILES string of the molecule is CCNC1CCC(C(C)(C)C)CC1Sc1nc(C)ns1. The number of hydrogen-bond donors (Lipinski definition) is 1. The standard InChI is InChI=1S/C15H27N3S2/c1-6-16-12-8-7-11(15(3,4)5)9-13(12)19-14-17-10(2)18-20-14/h11-13,16H,6-9H2,1-5H3. The van der Waals surface area contributed by atoms with Crippen LogP contribution in [0.5, 0.6) is 0 Å². The van der Waals surface area contributed by atoms with Crippen LogP contribution in [0.3, 0.4) is 0 Å². The molecule has 0 saturated heterocycles. The summed E-state index contributed by atoms with van der Waals surface area (Å²) in [5.41, 5.74) is 0.410. The Morgan fingerprint density at radius 2 is 2.10 bits per heavy atom. The van der Waals surface area contributed by atoms with E-state index in [1.165, 1.54) is 19.3 Å². The highest BCUT2D eigenvalue weighted by Crippen LogP contribution is 2.43. The molecule has 1 N–H and O–H groups in total. The molecule has 0 amide bonds. The molecule has 1 heterocycles. The van der Waals surface area contributed by atoms with Gasteiger partial charge < -0.3 is 5.32 Å². The molecule has 1 fully saturated rings. The average Bonchev–Trinajstić information content (AvgIpc) is 2.76. The van der Waals surface area contributed by atoms with Gasteiger partial charge in [0.15, 0.2) is 4.34 Å². The van der Waals surface area contributed by atoms with Crippen LogP contribution in [0.4, 0.5) is 0 Å². The van der Waals surface area contributed by atoms with E-state index in [1.807, 2.05) is 18.7 Å². The van der Waals surface area contributed by atoms with Gasteiger partial charge in [-0.3, -0.25) is 0 Å². The molecule has 1 aromatic heterocycles. The fourth-order valence-corrected chi connectivity index (χ4v) is 5.24. The Kier molecular flexibility index (Phi) is 5.49. The first-order chi connectivity index (χ1) is 9.40. The van der Waals surface area contributed by atoms with E-state index in [0.717, 1.165) is 22.6 Å². The van der Waals surface area contributed by atoms with E-state index in [4.69, 9.17) is 0 Å². The zero-order valence-electron chi connectivity index (χ0n) is 13.3. The summed E-state index contributed by atoms with van der Waals surface area (Å²) in [5.74, 6) is 1.71. The first-order valence-electron chi connectivity index (χ1n) is 7.60. The monoisotopic (exact) mass is 313 g/mol. The van der Waals surface area contributed by atoms with E-state index in [-0.39, 0.29) is 0 Å². The summed E-state index contributed by atoms with van der Waals surface area (Å²) in [4.78, 5) is 4.53. The molecule has 0 radical (unpaired) electrons. The Labute approximate surface area is 131 Å². The molecule has 114 valence electrons. The fourth-order valence-electron chi connectivity index (χ4n) is 3.00. The van der Waals surface area contributed by atoms with Gasteiger partial charge in [0, 0.05) is 11.3 Å². The minimum Gasteiger partial charge on any atom is -0.313 e. The van der Waals surface area contributed by atoms with E-state index < -0.39 is 0 Å². The van der Waals surface area contributed by atoms with Crippen LogP contribution in [0.25, 0.3) is 0 Å². The largest absolute Gasteiger partial charge is 0.313 e. The van der Waals surface area contributed by atoms with Gasteiger partial charge >= 0.3 is 0 Å². The molecular formula is C15H27N3S2. The number of rotatable bonds is 4. The van der Waals surface area contributed by atoms with Crippen LogP contribution < -0.4 is 5.32 Å². The van der Waals surface area contributed by atoms with Crippen molar-refractivity contribution in [3.63, 3.8) is 0 Å². The zero-order chi connectivity index (χ0) is 14.8. The number of aryl methyl sites for hydroxylation is 1. The summed E-state index contributed by atoms with van der Waals surface area (Å²) in [7, 11) is 0. The second-order valence-corrected chi connectivity index (χ2v) is 9.04. The molecule has 1 aromatic rings. The predicted molar refractivity (Wildman–Crippen MR) is 88.6 cm³/mol. The number of hydrogen-bond acceptors (Lipinski definition) is 5. The quantitative estimate of drug-likeness (QED) is 0.907. The first-order valence-corrected chi connectivity index (χ1v) is 9.25. The van der Waals surface area contributed by atoms with Gasteiger partial charge in [-0.05, 0) is 55.6 Å². The van der Waals surface area contributed by atoms with Gasteiger partial charge in [-0.1, -0.05) is 39.5 Å². The second kappa shape index (κ2) is 6.75. The number of thioether (sulfide) groups is 1. The van der Waals surface area contributed by atoms with E-state index in [2.05, 4.69) is 42.4 Å². The normalized spacial score (nSPS) is 27.8. The van der Waals surface area contributed by atoms with Crippen molar-refractivity contribution < 1.29 is 0 Å². The van der Waals surface area contributed by atoms with Crippen LogP contribution in [0.15, 0.2) is 4.34 Å². The molecular weight excluding hydrogens is 286 g/mol. The molecule has 2 rings (SSSR count). The highest BCUT2D eigenvalue weighted by molar-refractivity contribution is 8.01. The van der Waals surface area contributed by atoms with Gasteiger partial charge in [-0.25, -0.2) is 4.98 Å². The Hall–Kier alpha value is -0.130. The Morgan fingerprint density at radius 1 is 1.35 bits per heavy atom. The van der Waals surface area contributed by atoms with Gasteiger partial charge in [0.05, 0.1) is 0 Å². The predicted octanol–water partition coefficient (Wildman–Crippen LogP) is 4.13. The topological polar surface area (TPSA) is 37.8 Å². The summed E-state index contributed by atoms with van der Waals surface area (Å²) in [6, 6.07) is 0.618. The van der Waals surface area contributed by atoms with E-state index >= 15 is 0 Å². The molecule has 1 aliphatic rings. The number of nitrogens with zero attached hydrogens (tertiary/aromatic N) is 2. The third kappa shape index (κ3) is 4.18. The van der Waals surface area contributed by atoms with E-state index in [0.29, 0.717) is 16.7 Å². The summed E-state index contributed by atoms with van der Waals surface area (Å²) in [6.07, 6.45) is 3.91. The van der Waals surface area contributed by atoms with Crippen molar-refractivity contribution in [1.29, 1.82) is 0 Å². The van der Waals surface area contributed by atoms with Gasteiger partial charge in [0.25, 0.3) is 0 Å². The van der Waals surface area contributed by atoms with Crippen LogP contribution >= 0.6 is 23.3 Å².